The third-order valence-electron chi connectivity index (χ3n) is 7.74. The van der Waals surface area contributed by atoms with Crippen LogP contribution >= 0.6 is 0 Å². The largest absolute Gasteiger partial charge is 1.00 e. The molecule has 2 amide bonds. The summed E-state index contributed by atoms with van der Waals surface area (Å²) < 4.78 is 5.97. The van der Waals surface area contributed by atoms with Gasteiger partial charge in [0, 0.05) is 62.3 Å². The van der Waals surface area contributed by atoms with Gasteiger partial charge in [0.2, 0.25) is 0 Å². The van der Waals surface area contributed by atoms with Crippen LogP contribution in [-0.4, -0.2) is 90.1 Å². The quantitative estimate of drug-likeness (QED) is 0.291. The van der Waals surface area contributed by atoms with Crippen molar-refractivity contribution in [2.45, 2.75) is 32.8 Å². The number of amides is 2. The van der Waals surface area contributed by atoms with Crippen LogP contribution in [0.3, 0.4) is 0 Å². The third kappa shape index (κ3) is 6.78. The summed E-state index contributed by atoms with van der Waals surface area (Å²) in [5, 5.41) is 12.3. The molecule has 1 atom stereocenters. The van der Waals surface area contributed by atoms with E-state index in [1.165, 1.54) is 10.5 Å². The van der Waals surface area contributed by atoms with E-state index in [0.29, 0.717) is 36.7 Å². The number of imide groups is 1. The molecule has 0 spiro atoms. The number of rotatable bonds is 9. The van der Waals surface area contributed by atoms with Gasteiger partial charge in [-0.1, -0.05) is 50.2 Å². The summed E-state index contributed by atoms with van der Waals surface area (Å²) in [6, 6.07) is 17.5. The van der Waals surface area contributed by atoms with Gasteiger partial charge in [-0.3, -0.25) is 24.3 Å². The molecule has 5 rings (SSSR count). The van der Waals surface area contributed by atoms with Crippen LogP contribution in [0, 0.1) is 6.92 Å². The number of piperazine rings is 1. The Balaban J connectivity index is 0.00000220. The van der Waals surface area contributed by atoms with Crippen molar-refractivity contribution in [2.75, 3.05) is 52.4 Å². The number of carbonyl (C=O) groups excluding carboxylic acids is 2. The summed E-state index contributed by atoms with van der Waals surface area (Å²) in [5.74, 6) is 0.835. The molecule has 3 aromatic carbocycles. The maximum absolute atomic E-state index is 13.1. The standard InChI is InChI=1S/C31H37N3O4.2ClH/c1-21(2)24-11-10-22(3)28(18-24)38-20-25(35)19-33-14-12-32(13-15-33)16-17-34-30(36)26-8-4-6-23-7-5-9-27(29(23)26)31(34)37;;/h4-11,18,21,25,35H,12-17,19-20H2,1-3H3;2*1H/p-2. The van der Waals surface area contributed by atoms with Crippen molar-refractivity contribution in [3.05, 3.63) is 76.9 Å². The first-order valence-corrected chi connectivity index (χ1v) is 13.6. The molecule has 2 aliphatic rings. The number of hydrogen-bond donors (Lipinski definition) is 1. The van der Waals surface area contributed by atoms with Crippen molar-refractivity contribution in [3.8, 4) is 5.75 Å². The zero-order valence-electron chi connectivity index (χ0n) is 23.3. The fourth-order valence-electron chi connectivity index (χ4n) is 5.39. The second-order valence-electron chi connectivity index (χ2n) is 10.8. The van der Waals surface area contributed by atoms with E-state index in [1.54, 1.807) is 0 Å². The molecule has 216 valence electrons. The van der Waals surface area contributed by atoms with Crippen molar-refractivity contribution >= 4 is 22.6 Å². The molecule has 0 aromatic heterocycles. The Morgan fingerprint density at radius 1 is 0.850 bits per heavy atom. The van der Waals surface area contributed by atoms with Crippen LogP contribution in [-0.2, 0) is 0 Å². The van der Waals surface area contributed by atoms with Crippen molar-refractivity contribution < 1.29 is 44.2 Å². The highest BCUT2D eigenvalue weighted by Gasteiger charge is 2.33. The predicted molar refractivity (Wildman–Crippen MR) is 149 cm³/mol. The Hall–Kier alpha value is -2.68. The van der Waals surface area contributed by atoms with Crippen molar-refractivity contribution in [2.24, 2.45) is 0 Å². The van der Waals surface area contributed by atoms with E-state index >= 15 is 0 Å². The number of carbonyl (C=O) groups is 2. The lowest BCUT2D eigenvalue weighted by Gasteiger charge is -2.36. The summed E-state index contributed by atoms with van der Waals surface area (Å²) in [6.45, 7) is 11.5. The number of halogens is 2. The SMILES string of the molecule is Cc1ccc(C(C)C)cc1OCC(O)CN1CCN(CCN2C(=O)c3cccc4cccc(c34)C2=O)CC1.[Cl-].[Cl-]. The Kier molecular flexibility index (Phi) is 11.0. The number of ether oxygens (including phenoxy) is 1. The van der Waals surface area contributed by atoms with Crippen LogP contribution in [0.15, 0.2) is 54.6 Å². The highest BCUT2D eigenvalue weighted by atomic mass is 35.5. The summed E-state index contributed by atoms with van der Waals surface area (Å²) >= 11 is 0. The number of aliphatic hydroxyl groups excluding tert-OH is 1. The molecule has 1 fully saturated rings. The van der Waals surface area contributed by atoms with Gasteiger partial charge in [-0.15, -0.1) is 0 Å². The summed E-state index contributed by atoms with van der Waals surface area (Å²) in [5.41, 5.74) is 3.50. The molecule has 1 saturated heterocycles. The molecule has 0 aliphatic carbocycles. The minimum atomic E-state index is -0.574. The lowest BCUT2D eigenvalue weighted by atomic mass is 9.94. The van der Waals surface area contributed by atoms with Gasteiger partial charge in [0.15, 0.2) is 0 Å². The van der Waals surface area contributed by atoms with E-state index in [0.717, 1.165) is 48.3 Å². The van der Waals surface area contributed by atoms with Gasteiger partial charge in [-0.2, -0.15) is 0 Å². The molecule has 0 saturated carbocycles. The van der Waals surface area contributed by atoms with Crippen LogP contribution < -0.4 is 29.6 Å². The van der Waals surface area contributed by atoms with E-state index in [2.05, 4.69) is 41.8 Å². The first-order valence-electron chi connectivity index (χ1n) is 13.6. The molecule has 0 bridgehead atoms. The molecule has 1 N–H and O–H groups in total. The maximum atomic E-state index is 13.1. The average Bonchev–Trinajstić information content (AvgIpc) is 2.92. The van der Waals surface area contributed by atoms with Gasteiger partial charge >= 0.3 is 0 Å². The normalized spacial score (nSPS) is 16.6. The van der Waals surface area contributed by atoms with Crippen LogP contribution in [0.5, 0.6) is 5.75 Å². The minimum absolute atomic E-state index is 0. The molecule has 7 nitrogen and oxygen atoms in total. The van der Waals surface area contributed by atoms with E-state index in [1.807, 2.05) is 43.3 Å². The molecule has 3 aromatic rings. The van der Waals surface area contributed by atoms with Gasteiger partial charge in [0.25, 0.3) is 11.8 Å². The second-order valence-corrected chi connectivity index (χ2v) is 10.8. The van der Waals surface area contributed by atoms with E-state index in [9.17, 15) is 14.7 Å². The summed E-state index contributed by atoms with van der Waals surface area (Å²) in [7, 11) is 0. The molecule has 0 radical (unpaired) electrons. The Bertz CT molecular complexity index is 1290. The number of aryl methyl sites for hydroxylation is 1. The maximum Gasteiger partial charge on any atom is 0.261 e. The van der Waals surface area contributed by atoms with Gasteiger partial charge < -0.3 is 34.7 Å². The van der Waals surface area contributed by atoms with Crippen molar-refractivity contribution in [3.63, 3.8) is 0 Å². The van der Waals surface area contributed by atoms with E-state index in [4.69, 9.17) is 4.74 Å². The molecule has 2 heterocycles. The number of hydrogen-bond acceptors (Lipinski definition) is 6. The first-order chi connectivity index (χ1) is 18.3. The van der Waals surface area contributed by atoms with Gasteiger partial charge in [0.1, 0.15) is 18.5 Å². The average molecular weight is 587 g/mol. The lowest BCUT2D eigenvalue weighted by Crippen LogP contribution is -3.00. The third-order valence-corrected chi connectivity index (χ3v) is 7.74. The number of benzene rings is 3. The molecule has 1 unspecified atom stereocenters. The monoisotopic (exact) mass is 585 g/mol. The number of nitrogens with zero attached hydrogens (tertiary/aromatic N) is 3. The van der Waals surface area contributed by atoms with Crippen LogP contribution in [0.25, 0.3) is 10.8 Å². The number of aliphatic hydroxyl groups is 1. The van der Waals surface area contributed by atoms with Gasteiger partial charge in [-0.05, 0) is 47.6 Å². The predicted octanol–water partition coefficient (Wildman–Crippen LogP) is -2.07. The lowest BCUT2D eigenvalue weighted by molar-refractivity contribution is -0.00100. The topological polar surface area (TPSA) is 73.3 Å². The van der Waals surface area contributed by atoms with Gasteiger partial charge in [0.05, 0.1) is 0 Å². The Morgan fingerprint density at radius 2 is 1.45 bits per heavy atom. The van der Waals surface area contributed by atoms with Crippen LogP contribution in [0.2, 0.25) is 0 Å². The Labute approximate surface area is 248 Å². The second kappa shape index (κ2) is 13.8. The fraction of sp³-hybridized carbons (Fsp3) is 0.419. The van der Waals surface area contributed by atoms with E-state index < -0.39 is 6.10 Å². The van der Waals surface area contributed by atoms with Crippen molar-refractivity contribution in [1.29, 1.82) is 0 Å². The zero-order valence-corrected chi connectivity index (χ0v) is 24.8. The molecule has 2 aliphatic heterocycles. The van der Waals surface area contributed by atoms with Crippen LogP contribution in [0.1, 0.15) is 51.6 Å². The van der Waals surface area contributed by atoms with Gasteiger partial charge in [-0.25, -0.2) is 0 Å². The van der Waals surface area contributed by atoms with Crippen molar-refractivity contribution in [1.82, 2.24) is 14.7 Å². The molecule has 9 heteroatoms. The summed E-state index contributed by atoms with van der Waals surface area (Å²) in [4.78, 5) is 32.2. The smallest absolute Gasteiger partial charge is 0.261 e. The highest BCUT2D eigenvalue weighted by Crippen LogP contribution is 2.30. The molecule has 40 heavy (non-hydrogen) atoms. The Morgan fingerprint density at radius 3 is 2.05 bits per heavy atom. The van der Waals surface area contributed by atoms with E-state index in [-0.39, 0.29) is 43.2 Å². The fourth-order valence-corrected chi connectivity index (χ4v) is 5.39. The molecular weight excluding hydrogens is 549 g/mol. The zero-order chi connectivity index (χ0) is 26.8. The highest BCUT2D eigenvalue weighted by molar-refractivity contribution is 6.25. The minimum Gasteiger partial charge on any atom is -1.00 e. The molecular formula is C31H37Cl2N3O4-2. The summed E-state index contributed by atoms with van der Waals surface area (Å²) in [6.07, 6.45) is -0.574. The number of β-amino-alcohol motifs (C(OH)–C–C–N with tert-alkyl or cyclic N) is 1. The van der Waals surface area contributed by atoms with Crippen LogP contribution in [0.4, 0.5) is 0 Å². The first kappa shape index (κ1) is 31.8.